The van der Waals surface area contributed by atoms with Gasteiger partial charge in [-0.1, -0.05) is 19.1 Å². The Labute approximate surface area is 139 Å². The van der Waals surface area contributed by atoms with E-state index in [1.807, 2.05) is 19.1 Å². The largest absolute Gasteiger partial charge is 0.492 e. The highest BCUT2D eigenvalue weighted by molar-refractivity contribution is 5.90. The van der Waals surface area contributed by atoms with Crippen LogP contribution in [0, 0.1) is 0 Å². The molecule has 3 aromatic rings. The molecule has 1 aromatic heterocycles. The van der Waals surface area contributed by atoms with Crippen LogP contribution in [0.2, 0.25) is 0 Å². The molecule has 0 saturated heterocycles. The molecule has 0 aliphatic heterocycles. The van der Waals surface area contributed by atoms with E-state index in [0.29, 0.717) is 40.8 Å². The Morgan fingerprint density at radius 1 is 1.17 bits per heavy atom. The molecular weight excluding hydrogens is 306 g/mol. The molecule has 0 saturated carbocycles. The number of benzene rings is 2. The molecule has 126 valence electrons. The zero-order valence-electron chi connectivity index (χ0n) is 13.6. The molecule has 3 rings (SSSR count). The van der Waals surface area contributed by atoms with Gasteiger partial charge in [0.2, 0.25) is 5.43 Å². The minimum absolute atomic E-state index is 0.0335. The summed E-state index contributed by atoms with van der Waals surface area (Å²) in [5.41, 5.74) is 1.06. The third-order valence-corrected chi connectivity index (χ3v) is 4.07. The van der Waals surface area contributed by atoms with Crippen LogP contribution in [-0.2, 0) is 0 Å². The van der Waals surface area contributed by atoms with Crippen LogP contribution in [0.4, 0.5) is 0 Å². The molecule has 5 heteroatoms. The second-order valence-corrected chi connectivity index (χ2v) is 5.68. The Bertz CT molecular complexity index is 883. The number of hydrogen-bond donors (Lipinski definition) is 2. The van der Waals surface area contributed by atoms with Gasteiger partial charge in [0, 0.05) is 18.7 Å². The van der Waals surface area contributed by atoms with Crippen molar-refractivity contribution in [1.82, 2.24) is 5.32 Å². The van der Waals surface area contributed by atoms with Crippen LogP contribution in [0.3, 0.4) is 0 Å². The first-order chi connectivity index (χ1) is 11.7. The first-order valence-corrected chi connectivity index (χ1v) is 8.15. The van der Waals surface area contributed by atoms with E-state index in [4.69, 9.17) is 14.3 Å². The molecule has 0 amide bonds. The van der Waals surface area contributed by atoms with E-state index in [2.05, 4.69) is 5.32 Å². The average Bonchev–Trinajstić information content (AvgIpc) is 2.62. The minimum Gasteiger partial charge on any atom is -0.492 e. The van der Waals surface area contributed by atoms with Gasteiger partial charge < -0.3 is 19.6 Å². The summed E-state index contributed by atoms with van der Waals surface area (Å²) in [6, 6.07) is 12.6. The van der Waals surface area contributed by atoms with Crippen LogP contribution in [0.5, 0.6) is 5.75 Å². The van der Waals surface area contributed by atoms with Crippen molar-refractivity contribution in [2.45, 2.75) is 19.4 Å². The van der Waals surface area contributed by atoms with Crippen LogP contribution in [0.1, 0.15) is 13.3 Å². The highest BCUT2D eigenvalue weighted by Gasteiger charge is 2.08. The SMILES string of the molecule is CCC(CO)NCCOc1ccc2c(=O)c3ccccc3oc2c1. The summed E-state index contributed by atoms with van der Waals surface area (Å²) in [6.45, 7) is 3.24. The van der Waals surface area contributed by atoms with E-state index in [1.165, 1.54) is 0 Å². The highest BCUT2D eigenvalue weighted by atomic mass is 16.5. The topological polar surface area (TPSA) is 71.7 Å². The van der Waals surface area contributed by atoms with Crippen LogP contribution < -0.4 is 15.5 Å². The monoisotopic (exact) mass is 327 g/mol. The molecule has 2 N–H and O–H groups in total. The summed E-state index contributed by atoms with van der Waals surface area (Å²) < 4.78 is 11.5. The highest BCUT2D eigenvalue weighted by Crippen LogP contribution is 2.22. The zero-order chi connectivity index (χ0) is 16.9. The van der Waals surface area contributed by atoms with Crippen LogP contribution in [-0.4, -0.2) is 30.9 Å². The number of aliphatic hydroxyl groups is 1. The summed E-state index contributed by atoms with van der Waals surface area (Å²) in [6.07, 6.45) is 0.866. The maximum atomic E-state index is 12.5. The molecule has 0 aliphatic rings. The number of aliphatic hydroxyl groups excluding tert-OH is 1. The summed E-state index contributed by atoms with van der Waals surface area (Å²) >= 11 is 0. The summed E-state index contributed by atoms with van der Waals surface area (Å²) in [7, 11) is 0. The van der Waals surface area contributed by atoms with Crippen LogP contribution >= 0.6 is 0 Å². The van der Waals surface area contributed by atoms with Crippen molar-refractivity contribution in [3.8, 4) is 5.75 Å². The molecule has 0 fully saturated rings. The predicted molar refractivity (Wildman–Crippen MR) is 94.7 cm³/mol. The number of nitrogens with one attached hydrogen (secondary N) is 1. The molecule has 1 unspecified atom stereocenters. The van der Waals surface area contributed by atoms with E-state index in [-0.39, 0.29) is 18.1 Å². The van der Waals surface area contributed by atoms with Gasteiger partial charge in [-0.05, 0) is 30.7 Å². The molecule has 0 radical (unpaired) electrons. The average molecular weight is 327 g/mol. The van der Waals surface area contributed by atoms with Crippen molar-refractivity contribution in [3.63, 3.8) is 0 Å². The van der Waals surface area contributed by atoms with Crippen molar-refractivity contribution in [2.24, 2.45) is 0 Å². The van der Waals surface area contributed by atoms with Crippen molar-refractivity contribution < 1.29 is 14.3 Å². The van der Waals surface area contributed by atoms with Crippen molar-refractivity contribution >= 4 is 21.9 Å². The molecule has 1 heterocycles. The molecular formula is C19H21NO4. The fraction of sp³-hybridized carbons (Fsp3) is 0.316. The van der Waals surface area contributed by atoms with Crippen molar-refractivity contribution in [1.29, 1.82) is 0 Å². The van der Waals surface area contributed by atoms with Gasteiger partial charge in [-0.2, -0.15) is 0 Å². The first-order valence-electron chi connectivity index (χ1n) is 8.15. The lowest BCUT2D eigenvalue weighted by Crippen LogP contribution is -2.34. The van der Waals surface area contributed by atoms with Gasteiger partial charge >= 0.3 is 0 Å². The summed E-state index contributed by atoms with van der Waals surface area (Å²) in [4.78, 5) is 12.5. The third kappa shape index (κ3) is 3.42. The predicted octanol–water partition coefficient (Wildman–Crippen LogP) is 2.69. The smallest absolute Gasteiger partial charge is 0.200 e. The van der Waals surface area contributed by atoms with Crippen molar-refractivity contribution in [2.75, 3.05) is 19.8 Å². The number of hydrogen-bond acceptors (Lipinski definition) is 5. The minimum atomic E-state index is -0.0335. The van der Waals surface area contributed by atoms with Crippen LogP contribution in [0.25, 0.3) is 21.9 Å². The quantitative estimate of drug-likeness (QED) is 0.516. The third-order valence-electron chi connectivity index (χ3n) is 4.07. The maximum absolute atomic E-state index is 12.5. The molecule has 0 spiro atoms. The fourth-order valence-electron chi connectivity index (χ4n) is 2.64. The van der Waals surface area contributed by atoms with Gasteiger partial charge in [0.25, 0.3) is 0 Å². The second kappa shape index (κ2) is 7.47. The van der Waals surface area contributed by atoms with Gasteiger partial charge in [-0.15, -0.1) is 0 Å². The standard InChI is InChI=1S/C19H21NO4/c1-2-13(12-21)20-9-10-23-14-7-8-16-18(11-14)24-17-6-4-3-5-15(17)19(16)22/h3-8,11,13,20-21H,2,9-10,12H2,1H3. The number of para-hydroxylation sites is 1. The van der Waals surface area contributed by atoms with E-state index in [0.717, 1.165) is 6.42 Å². The lowest BCUT2D eigenvalue weighted by atomic mass is 10.1. The molecule has 0 bridgehead atoms. The normalized spacial score (nSPS) is 12.6. The van der Waals surface area contributed by atoms with E-state index < -0.39 is 0 Å². The van der Waals surface area contributed by atoms with Crippen LogP contribution in [0.15, 0.2) is 51.7 Å². The molecule has 5 nitrogen and oxygen atoms in total. The number of fused-ring (bicyclic) bond motifs is 2. The maximum Gasteiger partial charge on any atom is 0.200 e. The summed E-state index contributed by atoms with van der Waals surface area (Å²) in [5.74, 6) is 0.653. The number of ether oxygens (including phenoxy) is 1. The second-order valence-electron chi connectivity index (χ2n) is 5.68. The fourth-order valence-corrected chi connectivity index (χ4v) is 2.64. The van der Waals surface area contributed by atoms with Gasteiger partial charge in [0.05, 0.1) is 17.4 Å². The molecule has 0 aliphatic carbocycles. The molecule has 2 aromatic carbocycles. The summed E-state index contributed by atoms with van der Waals surface area (Å²) in [5, 5.41) is 13.5. The Morgan fingerprint density at radius 3 is 2.75 bits per heavy atom. The van der Waals surface area contributed by atoms with E-state index in [9.17, 15) is 4.79 Å². The van der Waals surface area contributed by atoms with Gasteiger partial charge in [-0.3, -0.25) is 4.79 Å². The number of rotatable bonds is 7. The Kier molecular flexibility index (Phi) is 5.13. The Morgan fingerprint density at radius 2 is 1.96 bits per heavy atom. The Hall–Kier alpha value is -2.37. The molecule has 1 atom stereocenters. The Balaban J connectivity index is 1.76. The van der Waals surface area contributed by atoms with E-state index >= 15 is 0 Å². The zero-order valence-corrected chi connectivity index (χ0v) is 13.6. The lowest BCUT2D eigenvalue weighted by Gasteiger charge is -2.14. The first kappa shape index (κ1) is 16.5. The van der Waals surface area contributed by atoms with Gasteiger partial charge in [0.1, 0.15) is 23.5 Å². The van der Waals surface area contributed by atoms with E-state index in [1.54, 1.807) is 30.3 Å². The van der Waals surface area contributed by atoms with Gasteiger partial charge in [-0.25, -0.2) is 0 Å². The van der Waals surface area contributed by atoms with Crippen molar-refractivity contribution in [3.05, 3.63) is 52.7 Å². The lowest BCUT2D eigenvalue weighted by molar-refractivity contribution is 0.227. The molecule has 24 heavy (non-hydrogen) atoms. The van der Waals surface area contributed by atoms with Gasteiger partial charge in [0.15, 0.2) is 0 Å².